The lowest BCUT2D eigenvalue weighted by Crippen LogP contribution is -2.45. The van der Waals surface area contributed by atoms with Gasteiger partial charge in [0.1, 0.15) is 0 Å². The van der Waals surface area contributed by atoms with Gasteiger partial charge in [-0.25, -0.2) is 8.42 Å². The van der Waals surface area contributed by atoms with Crippen molar-refractivity contribution in [3.05, 3.63) is 29.8 Å². The molecule has 6 nitrogen and oxygen atoms in total. The number of hydrogen-bond acceptors (Lipinski definition) is 4. The van der Waals surface area contributed by atoms with E-state index in [1.807, 2.05) is 0 Å². The zero-order valence-corrected chi connectivity index (χ0v) is 11.8. The van der Waals surface area contributed by atoms with Crippen molar-refractivity contribution in [2.24, 2.45) is 5.73 Å². The van der Waals surface area contributed by atoms with Crippen molar-refractivity contribution >= 4 is 15.9 Å². The topological polar surface area (TPSA) is 101 Å². The number of hydrogen-bond donors (Lipinski definition) is 2. The Balaban J connectivity index is 2.29. The molecular formula is C13H18N2O4S. The fourth-order valence-electron chi connectivity index (χ4n) is 2.20. The van der Waals surface area contributed by atoms with Crippen LogP contribution >= 0.6 is 0 Å². The number of carbonyl (C=O) groups is 1. The first-order valence-corrected chi connectivity index (χ1v) is 7.93. The molecule has 0 heterocycles. The maximum atomic E-state index is 12.5. The van der Waals surface area contributed by atoms with E-state index in [1.54, 1.807) is 0 Å². The highest BCUT2D eigenvalue weighted by Gasteiger charge is 2.34. The van der Waals surface area contributed by atoms with Crippen molar-refractivity contribution in [2.75, 3.05) is 13.2 Å². The quantitative estimate of drug-likeness (QED) is 0.789. The SMILES string of the molecule is NC(=O)c1ccc(S(=O)(=O)N(CCO)C2CCC2)cc1. The summed E-state index contributed by atoms with van der Waals surface area (Å²) < 4.78 is 26.4. The molecule has 0 saturated heterocycles. The van der Waals surface area contributed by atoms with E-state index in [-0.39, 0.29) is 29.7 Å². The lowest BCUT2D eigenvalue weighted by atomic mass is 9.93. The Kier molecular flexibility index (Phi) is 4.42. The average molecular weight is 298 g/mol. The van der Waals surface area contributed by atoms with E-state index in [9.17, 15) is 13.2 Å². The molecule has 0 spiro atoms. The van der Waals surface area contributed by atoms with Gasteiger partial charge in [0.25, 0.3) is 0 Å². The summed E-state index contributed by atoms with van der Waals surface area (Å²) in [6, 6.07) is 5.50. The summed E-state index contributed by atoms with van der Waals surface area (Å²) in [4.78, 5) is 11.1. The van der Waals surface area contributed by atoms with Crippen LogP contribution in [0.2, 0.25) is 0 Å². The molecule has 1 fully saturated rings. The second-order valence-electron chi connectivity index (χ2n) is 4.81. The van der Waals surface area contributed by atoms with Gasteiger partial charge in [0.15, 0.2) is 0 Å². The van der Waals surface area contributed by atoms with Crippen LogP contribution in [0.4, 0.5) is 0 Å². The van der Waals surface area contributed by atoms with Gasteiger partial charge in [-0.3, -0.25) is 4.79 Å². The first kappa shape index (κ1) is 15.0. The highest BCUT2D eigenvalue weighted by Crippen LogP contribution is 2.29. The molecule has 0 aromatic heterocycles. The van der Waals surface area contributed by atoms with Crippen LogP contribution < -0.4 is 5.73 Å². The van der Waals surface area contributed by atoms with E-state index in [0.717, 1.165) is 19.3 Å². The Morgan fingerprint density at radius 3 is 2.30 bits per heavy atom. The minimum Gasteiger partial charge on any atom is -0.395 e. The van der Waals surface area contributed by atoms with Crippen molar-refractivity contribution < 1.29 is 18.3 Å². The summed E-state index contributed by atoms with van der Waals surface area (Å²) in [7, 11) is -3.64. The summed E-state index contributed by atoms with van der Waals surface area (Å²) in [5.74, 6) is -0.597. The number of benzene rings is 1. The molecule has 1 saturated carbocycles. The van der Waals surface area contributed by atoms with Crippen molar-refractivity contribution in [1.82, 2.24) is 4.31 Å². The van der Waals surface area contributed by atoms with Crippen LogP contribution in [0.15, 0.2) is 29.2 Å². The highest BCUT2D eigenvalue weighted by atomic mass is 32.2. The third-order valence-corrected chi connectivity index (χ3v) is 5.51. The lowest BCUT2D eigenvalue weighted by Gasteiger charge is -2.36. The standard InChI is InChI=1S/C13H18N2O4S/c14-13(17)10-4-6-12(7-5-10)20(18,19)15(8-9-16)11-2-1-3-11/h4-7,11,16H,1-3,8-9H2,(H2,14,17). The Bertz CT molecular complexity index is 579. The van der Waals surface area contributed by atoms with E-state index >= 15 is 0 Å². The Labute approximate surface area is 118 Å². The van der Waals surface area contributed by atoms with Crippen molar-refractivity contribution in [2.45, 2.75) is 30.2 Å². The van der Waals surface area contributed by atoms with Gasteiger partial charge in [-0.15, -0.1) is 0 Å². The van der Waals surface area contributed by atoms with Gasteiger partial charge in [-0.05, 0) is 37.1 Å². The predicted octanol–water partition coefficient (Wildman–Crippen LogP) is 0.321. The minimum absolute atomic E-state index is 0.0389. The molecule has 0 bridgehead atoms. The van der Waals surface area contributed by atoms with Crippen LogP contribution in [-0.4, -0.2) is 42.9 Å². The Hall–Kier alpha value is -1.44. The molecule has 20 heavy (non-hydrogen) atoms. The molecule has 1 aromatic rings. The van der Waals surface area contributed by atoms with Crippen LogP contribution in [0.5, 0.6) is 0 Å². The Morgan fingerprint density at radius 1 is 1.30 bits per heavy atom. The number of sulfonamides is 1. The zero-order chi connectivity index (χ0) is 14.8. The lowest BCUT2D eigenvalue weighted by molar-refractivity contribution is 0.1000. The summed E-state index contributed by atoms with van der Waals surface area (Å²) in [5, 5.41) is 9.07. The third kappa shape index (κ3) is 2.84. The van der Waals surface area contributed by atoms with E-state index in [0.29, 0.717) is 0 Å². The third-order valence-electron chi connectivity index (χ3n) is 3.55. The van der Waals surface area contributed by atoms with E-state index in [2.05, 4.69) is 0 Å². The monoisotopic (exact) mass is 298 g/mol. The smallest absolute Gasteiger partial charge is 0.248 e. The minimum atomic E-state index is -3.64. The molecule has 3 N–H and O–H groups in total. The van der Waals surface area contributed by atoms with Crippen LogP contribution in [0.25, 0.3) is 0 Å². The molecule has 2 rings (SSSR count). The van der Waals surface area contributed by atoms with Gasteiger partial charge in [0, 0.05) is 18.2 Å². The molecule has 1 aliphatic carbocycles. The summed E-state index contributed by atoms with van der Waals surface area (Å²) in [6.45, 7) is -0.125. The summed E-state index contributed by atoms with van der Waals surface area (Å²) in [5.41, 5.74) is 5.39. The molecule has 0 unspecified atom stereocenters. The number of aliphatic hydroxyl groups is 1. The van der Waals surface area contributed by atoms with Crippen molar-refractivity contribution in [1.29, 1.82) is 0 Å². The molecule has 1 aromatic carbocycles. The van der Waals surface area contributed by atoms with Crippen LogP contribution in [0, 0.1) is 0 Å². The van der Waals surface area contributed by atoms with E-state index in [4.69, 9.17) is 10.8 Å². The van der Waals surface area contributed by atoms with Crippen LogP contribution in [0.3, 0.4) is 0 Å². The zero-order valence-electron chi connectivity index (χ0n) is 11.0. The highest BCUT2D eigenvalue weighted by molar-refractivity contribution is 7.89. The molecule has 110 valence electrons. The second kappa shape index (κ2) is 5.90. The van der Waals surface area contributed by atoms with Crippen LogP contribution in [0.1, 0.15) is 29.6 Å². The van der Waals surface area contributed by atoms with Gasteiger partial charge in [-0.2, -0.15) is 4.31 Å². The summed E-state index contributed by atoms with van der Waals surface area (Å²) in [6.07, 6.45) is 2.64. The predicted molar refractivity (Wildman–Crippen MR) is 73.6 cm³/mol. The van der Waals surface area contributed by atoms with Gasteiger partial charge in [0.05, 0.1) is 11.5 Å². The molecule has 0 radical (unpaired) electrons. The first-order valence-electron chi connectivity index (χ1n) is 6.49. The van der Waals surface area contributed by atoms with E-state index in [1.165, 1.54) is 28.6 Å². The number of primary amides is 1. The van der Waals surface area contributed by atoms with Gasteiger partial charge < -0.3 is 10.8 Å². The average Bonchev–Trinajstić information content (AvgIpc) is 2.36. The maximum absolute atomic E-state index is 12.5. The van der Waals surface area contributed by atoms with E-state index < -0.39 is 15.9 Å². The Morgan fingerprint density at radius 2 is 1.90 bits per heavy atom. The normalized spacial score (nSPS) is 16.1. The van der Waals surface area contributed by atoms with Gasteiger partial charge in [0.2, 0.25) is 15.9 Å². The van der Waals surface area contributed by atoms with Gasteiger partial charge in [-0.1, -0.05) is 6.42 Å². The number of rotatable bonds is 6. The first-order chi connectivity index (χ1) is 9.46. The largest absolute Gasteiger partial charge is 0.395 e. The number of nitrogens with zero attached hydrogens (tertiary/aromatic N) is 1. The number of amides is 1. The molecule has 0 atom stereocenters. The number of aliphatic hydroxyl groups excluding tert-OH is 1. The second-order valence-corrected chi connectivity index (χ2v) is 6.70. The molecule has 1 amide bonds. The fraction of sp³-hybridized carbons (Fsp3) is 0.462. The molecule has 7 heteroatoms. The van der Waals surface area contributed by atoms with Crippen LogP contribution in [-0.2, 0) is 10.0 Å². The van der Waals surface area contributed by atoms with Crippen molar-refractivity contribution in [3.63, 3.8) is 0 Å². The van der Waals surface area contributed by atoms with Crippen molar-refractivity contribution in [3.8, 4) is 0 Å². The number of nitrogens with two attached hydrogens (primary N) is 1. The number of carbonyl (C=O) groups excluding carboxylic acids is 1. The maximum Gasteiger partial charge on any atom is 0.248 e. The summed E-state index contributed by atoms with van der Waals surface area (Å²) >= 11 is 0. The molecule has 0 aliphatic heterocycles. The van der Waals surface area contributed by atoms with Gasteiger partial charge >= 0.3 is 0 Å². The molecule has 1 aliphatic rings. The fourth-order valence-corrected chi connectivity index (χ4v) is 3.87. The molecular weight excluding hydrogens is 280 g/mol.